The Balaban J connectivity index is 1.96. The number of benzene rings is 4. The van der Waals surface area contributed by atoms with Gasteiger partial charge in [0.05, 0.1) is 0 Å². The van der Waals surface area contributed by atoms with E-state index in [4.69, 9.17) is 0 Å². The molecule has 0 atom stereocenters. The summed E-state index contributed by atoms with van der Waals surface area (Å²) in [6.07, 6.45) is 12.4. The molecule has 0 unspecified atom stereocenters. The molecule has 0 radical (unpaired) electrons. The molecule has 188 valence electrons. The van der Waals surface area contributed by atoms with Gasteiger partial charge in [-0.3, -0.25) is 0 Å². The largest absolute Gasteiger partial charge is 0.0801 e. The van der Waals surface area contributed by atoms with Crippen LogP contribution < -0.4 is 10.4 Å². The Bertz CT molecular complexity index is 1760. The van der Waals surface area contributed by atoms with Gasteiger partial charge in [-0.15, -0.1) is 0 Å². The second kappa shape index (κ2) is 10.1. The van der Waals surface area contributed by atoms with Crippen LogP contribution in [0.25, 0.3) is 17.2 Å². The molecule has 4 aromatic carbocycles. The van der Waals surface area contributed by atoms with Gasteiger partial charge in [0.15, 0.2) is 0 Å². The summed E-state index contributed by atoms with van der Waals surface area (Å²) >= 11 is 0. The first-order chi connectivity index (χ1) is 18.6. The van der Waals surface area contributed by atoms with Crippen LogP contribution in [0.5, 0.6) is 0 Å². The average molecular weight is 493 g/mol. The fraction of sp³-hybridized carbons (Fsp3) is 0.211. The Kier molecular flexibility index (Phi) is 6.50. The molecule has 0 nitrogen and oxygen atoms in total. The second-order valence-corrected chi connectivity index (χ2v) is 10.8. The minimum atomic E-state index is 0.389. The van der Waals surface area contributed by atoms with E-state index in [1.54, 1.807) is 0 Å². The molecule has 0 aromatic heterocycles. The summed E-state index contributed by atoms with van der Waals surface area (Å²) < 4.78 is 0. The van der Waals surface area contributed by atoms with Crippen molar-refractivity contribution in [2.24, 2.45) is 0 Å². The SMILES string of the molecule is CCc1ccc2c(c1)=Cc1c(C3=CC=CC3)c(CC)c(C(C)C)c(=C(c3ccccc3)c3ccccc3)c1=2. The predicted octanol–water partition coefficient (Wildman–Crippen LogP) is 7.95. The highest BCUT2D eigenvalue weighted by molar-refractivity contribution is 5.86. The molecule has 0 spiro atoms. The molecule has 0 bridgehead atoms. The molecule has 0 aliphatic heterocycles. The fourth-order valence-electron chi connectivity index (χ4n) is 6.53. The van der Waals surface area contributed by atoms with Crippen molar-refractivity contribution in [3.8, 4) is 0 Å². The lowest BCUT2D eigenvalue weighted by Crippen LogP contribution is -2.24. The van der Waals surface area contributed by atoms with Gasteiger partial charge in [-0.1, -0.05) is 125 Å². The highest BCUT2D eigenvalue weighted by Crippen LogP contribution is 2.36. The van der Waals surface area contributed by atoms with Crippen molar-refractivity contribution in [2.45, 2.75) is 52.9 Å². The molecule has 0 amide bonds. The lowest BCUT2D eigenvalue weighted by molar-refractivity contribution is 0.830. The smallest absolute Gasteiger partial charge is 0.00170 e. The third kappa shape index (κ3) is 4.00. The van der Waals surface area contributed by atoms with Crippen LogP contribution in [-0.4, -0.2) is 0 Å². The van der Waals surface area contributed by atoms with E-state index in [-0.39, 0.29) is 0 Å². The molecule has 0 heterocycles. The maximum absolute atomic E-state index is 2.48. The van der Waals surface area contributed by atoms with Gasteiger partial charge in [0.2, 0.25) is 0 Å². The van der Waals surface area contributed by atoms with E-state index in [0.29, 0.717) is 5.92 Å². The van der Waals surface area contributed by atoms with E-state index in [2.05, 4.69) is 131 Å². The highest BCUT2D eigenvalue weighted by Gasteiger charge is 2.24. The maximum atomic E-state index is 2.48. The minimum absolute atomic E-state index is 0.389. The topological polar surface area (TPSA) is 0 Å². The van der Waals surface area contributed by atoms with Crippen LogP contribution in [0, 0.1) is 10.4 Å². The van der Waals surface area contributed by atoms with E-state index in [0.717, 1.165) is 19.3 Å². The van der Waals surface area contributed by atoms with E-state index in [9.17, 15) is 0 Å². The third-order valence-electron chi connectivity index (χ3n) is 8.18. The van der Waals surface area contributed by atoms with Gasteiger partial charge < -0.3 is 0 Å². The van der Waals surface area contributed by atoms with Gasteiger partial charge in [0, 0.05) is 0 Å². The number of rotatable bonds is 6. The average Bonchev–Trinajstić information content (AvgIpc) is 3.61. The maximum Gasteiger partial charge on any atom is -0.00170 e. The van der Waals surface area contributed by atoms with E-state index in [1.165, 1.54) is 71.0 Å². The number of hydrogen-bond donors (Lipinski definition) is 0. The summed E-state index contributed by atoms with van der Waals surface area (Å²) in [5.74, 6) is 0.389. The van der Waals surface area contributed by atoms with E-state index >= 15 is 0 Å². The molecule has 0 fully saturated rings. The van der Waals surface area contributed by atoms with Crippen LogP contribution in [0.2, 0.25) is 0 Å². The molecule has 2 aliphatic carbocycles. The van der Waals surface area contributed by atoms with Crippen LogP contribution >= 0.6 is 0 Å². The predicted molar refractivity (Wildman–Crippen MR) is 162 cm³/mol. The summed E-state index contributed by atoms with van der Waals surface area (Å²) in [6, 6.07) is 29.2. The van der Waals surface area contributed by atoms with E-state index in [1.807, 2.05) is 0 Å². The summed E-state index contributed by atoms with van der Waals surface area (Å²) in [4.78, 5) is 0. The Morgan fingerprint density at radius 1 is 0.816 bits per heavy atom. The lowest BCUT2D eigenvalue weighted by atomic mass is 9.80. The van der Waals surface area contributed by atoms with Crippen molar-refractivity contribution < 1.29 is 0 Å². The number of hydrogen-bond acceptors (Lipinski definition) is 0. The molecule has 6 rings (SSSR count). The first-order valence-electron chi connectivity index (χ1n) is 14.2. The van der Waals surface area contributed by atoms with Crippen LogP contribution in [0.1, 0.15) is 79.0 Å². The third-order valence-corrected chi connectivity index (χ3v) is 8.18. The Morgan fingerprint density at radius 3 is 2.05 bits per heavy atom. The lowest BCUT2D eigenvalue weighted by Gasteiger charge is -2.23. The molecule has 38 heavy (non-hydrogen) atoms. The molecular formula is C38H36. The van der Waals surface area contributed by atoms with Crippen molar-refractivity contribution in [1.82, 2.24) is 0 Å². The zero-order valence-corrected chi connectivity index (χ0v) is 23.0. The number of fused-ring (bicyclic) bond motifs is 2. The molecular weight excluding hydrogens is 456 g/mol. The van der Waals surface area contributed by atoms with Crippen molar-refractivity contribution in [2.75, 3.05) is 0 Å². The van der Waals surface area contributed by atoms with Gasteiger partial charge in [0.1, 0.15) is 0 Å². The van der Waals surface area contributed by atoms with Crippen molar-refractivity contribution >= 4 is 17.2 Å². The van der Waals surface area contributed by atoms with Crippen LogP contribution in [0.4, 0.5) is 0 Å². The minimum Gasteiger partial charge on any atom is -0.0801 e. The summed E-state index contributed by atoms with van der Waals surface area (Å²) in [7, 11) is 0. The zero-order valence-electron chi connectivity index (χ0n) is 23.0. The van der Waals surface area contributed by atoms with E-state index < -0.39 is 0 Å². The van der Waals surface area contributed by atoms with Crippen LogP contribution in [0.3, 0.4) is 0 Å². The molecule has 0 N–H and O–H groups in total. The summed E-state index contributed by atoms with van der Waals surface area (Å²) in [5, 5.41) is 5.55. The molecule has 4 aromatic rings. The highest BCUT2D eigenvalue weighted by atomic mass is 14.3. The molecule has 2 aliphatic rings. The summed E-state index contributed by atoms with van der Waals surface area (Å²) in [6.45, 7) is 9.34. The van der Waals surface area contributed by atoms with Crippen molar-refractivity contribution in [3.05, 3.63) is 157 Å². The number of allylic oxidation sites excluding steroid dienone is 4. The first kappa shape index (κ1) is 24.4. The number of aryl methyl sites for hydroxylation is 1. The van der Waals surface area contributed by atoms with Gasteiger partial charge >= 0.3 is 0 Å². The van der Waals surface area contributed by atoms with Crippen molar-refractivity contribution in [3.63, 3.8) is 0 Å². The van der Waals surface area contributed by atoms with Gasteiger partial charge in [-0.05, 0) is 102 Å². The Hall–Kier alpha value is -3.90. The van der Waals surface area contributed by atoms with Gasteiger partial charge in [-0.2, -0.15) is 0 Å². The monoisotopic (exact) mass is 492 g/mol. The quantitative estimate of drug-likeness (QED) is 0.226. The Morgan fingerprint density at radius 2 is 1.50 bits per heavy atom. The van der Waals surface area contributed by atoms with Crippen LogP contribution in [0.15, 0.2) is 97.1 Å². The zero-order chi connectivity index (χ0) is 26.2. The molecule has 0 heteroatoms. The molecule has 0 saturated carbocycles. The molecule has 0 saturated heterocycles. The van der Waals surface area contributed by atoms with Gasteiger partial charge in [-0.25, -0.2) is 0 Å². The summed E-state index contributed by atoms with van der Waals surface area (Å²) in [5.41, 5.74) is 12.6. The standard InChI is InChI=1S/C38H36/c1-5-26-21-22-32-30(23-26)24-33-36(29-19-13-14-20-29)31(6-2)34(25(3)4)38(37(32)33)35(27-15-9-7-10-16-27)28-17-11-8-12-18-28/h7-19,21-25H,5-6,20H2,1-4H3. The Labute approximate surface area is 226 Å². The fourth-order valence-corrected chi connectivity index (χ4v) is 6.53. The van der Waals surface area contributed by atoms with Crippen molar-refractivity contribution in [1.29, 1.82) is 0 Å². The second-order valence-electron chi connectivity index (χ2n) is 10.8. The normalized spacial score (nSPS) is 13.3. The first-order valence-corrected chi connectivity index (χ1v) is 14.2. The van der Waals surface area contributed by atoms with Crippen LogP contribution in [-0.2, 0) is 12.8 Å². The van der Waals surface area contributed by atoms with Gasteiger partial charge in [0.25, 0.3) is 0 Å².